The van der Waals surface area contributed by atoms with Gasteiger partial charge in [-0.1, -0.05) is 6.07 Å². The van der Waals surface area contributed by atoms with Crippen LogP contribution in [0, 0.1) is 26.7 Å². The van der Waals surface area contributed by atoms with E-state index in [0.29, 0.717) is 11.6 Å². The van der Waals surface area contributed by atoms with E-state index in [0.717, 1.165) is 5.92 Å². The fourth-order valence-corrected chi connectivity index (χ4v) is 4.38. The van der Waals surface area contributed by atoms with Crippen LogP contribution in [-0.4, -0.2) is 11.6 Å². The van der Waals surface area contributed by atoms with Crippen LogP contribution in [0.4, 0.5) is 5.69 Å². The summed E-state index contributed by atoms with van der Waals surface area (Å²) in [6.07, 6.45) is 4.19. The number of hydrogen-bond donors (Lipinski definition) is 0. The molecule has 1 aromatic carbocycles. The molecule has 3 unspecified atom stereocenters. The van der Waals surface area contributed by atoms with Gasteiger partial charge in [0.1, 0.15) is 0 Å². The molecule has 1 saturated heterocycles. The Morgan fingerprint density at radius 3 is 2.56 bits per heavy atom. The van der Waals surface area contributed by atoms with Crippen LogP contribution < -0.4 is 4.90 Å². The van der Waals surface area contributed by atoms with Gasteiger partial charge in [0.25, 0.3) is 0 Å². The molecule has 2 fully saturated rings. The lowest BCUT2D eigenvalue weighted by Gasteiger charge is -2.43. The maximum absolute atomic E-state index is 2.73. The van der Waals surface area contributed by atoms with Crippen molar-refractivity contribution < 1.29 is 0 Å². The van der Waals surface area contributed by atoms with Gasteiger partial charge < -0.3 is 4.90 Å². The summed E-state index contributed by atoms with van der Waals surface area (Å²) in [6.45, 7) is 11.6. The van der Waals surface area contributed by atoms with Crippen molar-refractivity contribution in [2.45, 2.75) is 65.5 Å². The van der Waals surface area contributed by atoms with Crippen LogP contribution in [0.25, 0.3) is 0 Å². The maximum Gasteiger partial charge on any atom is 0.0408 e. The molecule has 2 aliphatic rings. The molecule has 1 saturated carbocycles. The summed E-state index contributed by atoms with van der Waals surface area (Å²) in [5.74, 6) is 0.912. The van der Waals surface area contributed by atoms with Gasteiger partial charge in [0.15, 0.2) is 0 Å². The molecule has 3 atom stereocenters. The number of rotatable bonds is 1. The molecule has 0 spiro atoms. The minimum absolute atomic E-state index is 0.412. The Morgan fingerprint density at radius 1 is 1.22 bits per heavy atom. The fraction of sp³-hybridized carbons (Fsp3) is 0.647. The predicted octanol–water partition coefficient (Wildman–Crippen LogP) is 4.38. The summed E-state index contributed by atoms with van der Waals surface area (Å²) in [6, 6.07) is 5.41. The second-order valence-corrected chi connectivity index (χ2v) is 6.84. The van der Waals surface area contributed by atoms with E-state index in [-0.39, 0.29) is 0 Å². The Hall–Kier alpha value is -0.980. The average Bonchev–Trinajstić information content (AvgIpc) is 2.78. The maximum atomic E-state index is 2.73. The van der Waals surface area contributed by atoms with Gasteiger partial charge in [-0.15, -0.1) is 0 Å². The molecule has 1 heterocycles. The number of benzene rings is 1. The minimum Gasteiger partial charge on any atom is -0.363 e. The topological polar surface area (TPSA) is 3.24 Å². The number of fused-ring (bicyclic) bond motifs is 2. The predicted molar refractivity (Wildman–Crippen MR) is 78.3 cm³/mol. The summed E-state index contributed by atoms with van der Waals surface area (Å²) < 4.78 is 0. The fourth-order valence-electron chi connectivity index (χ4n) is 4.38. The van der Waals surface area contributed by atoms with Gasteiger partial charge in [-0.25, -0.2) is 0 Å². The average molecular weight is 243 g/mol. The number of hydrogen-bond acceptors (Lipinski definition) is 1. The minimum atomic E-state index is 0.412. The van der Waals surface area contributed by atoms with Crippen molar-refractivity contribution in [3.05, 3.63) is 28.8 Å². The first-order chi connectivity index (χ1) is 8.42. The van der Waals surface area contributed by atoms with E-state index < -0.39 is 0 Å². The lowest BCUT2D eigenvalue weighted by molar-refractivity contribution is 0.402. The van der Waals surface area contributed by atoms with E-state index in [2.05, 4.69) is 51.7 Å². The Balaban J connectivity index is 2.11. The molecule has 1 aliphatic carbocycles. The van der Waals surface area contributed by atoms with Gasteiger partial charge in [-0.2, -0.15) is 0 Å². The first kappa shape index (κ1) is 12.1. The zero-order valence-corrected chi connectivity index (χ0v) is 12.4. The third-order valence-corrected chi connectivity index (χ3v) is 5.47. The number of aryl methyl sites for hydroxylation is 2. The number of anilines is 1. The lowest BCUT2D eigenvalue weighted by atomic mass is 9.93. The zero-order chi connectivity index (χ0) is 13.1. The monoisotopic (exact) mass is 243 g/mol. The quantitative estimate of drug-likeness (QED) is 0.707. The molecule has 0 aromatic heterocycles. The van der Waals surface area contributed by atoms with E-state index in [1.807, 2.05) is 0 Å². The summed E-state index contributed by atoms with van der Waals surface area (Å²) >= 11 is 0. The van der Waals surface area contributed by atoms with E-state index in [1.165, 1.54) is 41.6 Å². The van der Waals surface area contributed by atoms with Crippen molar-refractivity contribution >= 4 is 5.69 Å². The lowest BCUT2D eigenvalue weighted by Crippen LogP contribution is -2.47. The summed E-state index contributed by atoms with van der Waals surface area (Å²) in [5.41, 5.74) is 6.20. The van der Waals surface area contributed by atoms with Crippen molar-refractivity contribution in [3.8, 4) is 0 Å². The van der Waals surface area contributed by atoms with Gasteiger partial charge in [-0.3, -0.25) is 0 Å². The SMILES string of the molecule is Cc1cc(C)c(C)c(N2C(C)C3CCC2(C)C3)c1. The van der Waals surface area contributed by atoms with Gasteiger partial charge in [0, 0.05) is 17.3 Å². The molecule has 0 amide bonds. The Labute approximate surface area is 111 Å². The molecule has 1 nitrogen and oxygen atoms in total. The Kier molecular flexibility index (Phi) is 2.52. The second-order valence-electron chi connectivity index (χ2n) is 6.84. The van der Waals surface area contributed by atoms with Crippen LogP contribution in [0.1, 0.15) is 49.8 Å². The van der Waals surface area contributed by atoms with Crippen LogP contribution in [0.3, 0.4) is 0 Å². The third kappa shape index (κ3) is 1.52. The van der Waals surface area contributed by atoms with Gasteiger partial charge in [0.05, 0.1) is 0 Å². The van der Waals surface area contributed by atoms with Gasteiger partial charge in [-0.05, 0) is 82.6 Å². The van der Waals surface area contributed by atoms with E-state index in [4.69, 9.17) is 0 Å². The number of piperidine rings is 1. The highest BCUT2D eigenvalue weighted by atomic mass is 15.3. The standard InChI is InChI=1S/C17H25N/c1-11-8-12(2)13(3)16(9-11)18-14(4)15-6-7-17(18,5)10-15/h8-9,14-15H,6-7,10H2,1-5H3. The molecule has 3 rings (SSSR count). The van der Waals surface area contributed by atoms with Gasteiger partial charge in [0.2, 0.25) is 0 Å². The molecule has 98 valence electrons. The highest BCUT2D eigenvalue weighted by Gasteiger charge is 2.51. The van der Waals surface area contributed by atoms with Crippen molar-refractivity contribution in [2.75, 3.05) is 4.90 Å². The summed E-state index contributed by atoms with van der Waals surface area (Å²) in [4.78, 5) is 2.73. The van der Waals surface area contributed by atoms with Crippen LogP contribution in [-0.2, 0) is 0 Å². The normalized spacial score (nSPS) is 34.4. The molecular weight excluding hydrogens is 218 g/mol. The smallest absolute Gasteiger partial charge is 0.0408 e. The molecule has 0 radical (unpaired) electrons. The summed E-state index contributed by atoms with van der Waals surface area (Å²) in [5, 5.41) is 0. The van der Waals surface area contributed by atoms with Crippen LogP contribution >= 0.6 is 0 Å². The van der Waals surface area contributed by atoms with Gasteiger partial charge >= 0.3 is 0 Å². The first-order valence-electron chi connectivity index (χ1n) is 7.29. The molecule has 1 heteroatoms. The van der Waals surface area contributed by atoms with Crippen molar-refractivity contribution in [2.24, 2.45) is 5.92 Å². The van der Waals surface area contributed by atoms with Crippen molar-refractivity contribution in [1.29, 1.82) is 0 Å². The molecule has 1 aliphatic heterocycles. The van der Waals surface area contributed by atoms with E-state index >= 15 is 0 Å². The molecule has 1 aromatic rings. The highest BCUT2D eigenvalue weighted by Crippen LogP contribution is 2.52. The first-order valence-corrected chi connectivity index (χ1v) is 7.29. The van der Waals surface area contributed by atoms with Crippen LogP contribution in [0.5, 0.6) is 0 Å². The summed E-state index contributed by atoms with van der Waals surface area (Å²) in [7, 11) is 0. The zero-order valence-electron chi connectivity index (χ0n) is 12.4. The largest absolute Gasteiger partial charge is 0.363 e. The number of nitrogens with zero attached hydrogens (tertiary/aromatic N) is 1. The van der Waals surface area contributed by atoms with Crippen molar-refractivity contribution in [3.63, 3.8) is 0 Å². The van der Waals surface area contributed by atoms with Crippen LogP contribution in [0.15, 0.2) is 12.1 Å². The molecule has 2 bridgehead atoms. The molecule has 18 heavy (non-hydrogen) atoms. The highest BCUT2D eigenvalue weighted by molar-refractivity contribution is 5.61. The van der Waals surface area contributed by atoms with E-state index in [1.54, 1.807) is 0 Å². The Bertz CT molecular complexity index is 491. The second kappa shape index (κ2) is 3.76. The van der Waals surface area contributed by atoms with E-state index in [9.17, 15) is 0 Å². The third-order valence-electron chi connectivity index (χ3n) is 5.47. The molecular formula is C17H25N. The Morgan fingerprint density at radius 2 is 1.94 bits per heavy atom. The van der Waals surface area contributed by atoms with Crippen molar-refractivity contribution in [1.82, 2.24) is 0 Å². The molecule has 0 N–H and O–H groups in total. The van der Waals surface area contributed by atoms with Crippen LogP contribution in [0.2, 0.25) is 0 Å².